The van der Waals surface area contributed by atoms with Gasteiger partial charge in [0, 0.05) is 19.5 Å². The number of morpholine rings is 1. The summed E-state index contributed by atoms with van der Waals surface area (Å²) in [4.78, 5) is 12.0. The minimum Gasteiger partial charge on any atom is -0.497 e. The maximum Gasteiger partial charge on any atom is 0.167 e. The van der Waals surface area contributed by atoms with Crippen LogP contribution in [0, 0.1) is 0 Å². The molecule has 0 bridgehead atoms. The molecule has 1 aromatic carbocycles. The first-order valence-corrected chi connectivity index (χ1v) is 5.77. The molecular weight excluding hydrogens is 218 g/mol. The van der Waals surface area contributed by atoms with Crippen molar-refractivity contribution in [3.05, 3.63) is 29.8 Å². The predicted octanol–water partition coefficient (Wildman–Crippen LogP) is 0.795. The van der Waals surface area contributed by atoms with Crippen LogP contribution in [0.4, 0.5) is 0 Å². The molecule has 4 nitrogen and oxygen atoms in total. The maximum atomic E-state index is 12.0. The number of Topliss-reactive ketones (excluding diaryl/α,β-unsaturated/α-hetero) is 1. The molecule has 1 aliphatic heterocycles. The van der Waals surface area contributed by atoms with Crippen LogP contribution in [0.1, 0.15) is 5.56 Å². The van der Waals surface area contributed by atoms with E-state index in [1.807, 2.05) is 24.3 Å². The van der Waals surface area contributed by atoms with Gasteiger partial charge >= 0.3 is 0 Å². The molecule has 0 aliphatic carbocycles. The molecule has 1 N–H and O–H groups in total. The largest absolute Gasteiger partial charge is 0.497 e. The molecule has 2 rings (SSSR count). The summed E-state index contributed by atoms with van der Waals surface area (Å²) in [6.07, 6.45) is 0.0822. The van der Waals surface area contributed by atoms with Gasteiger partial charge in [-0.05, 0) is 17.7 Å². The molecule has 1 aliphatic rings. The Bertz CT molecular complexity index is 386. The molecule has 1 atom stereocenters. The van der Waals surface area contributed by atoms with Crippen LogP contribution in [0.5, 0.6) is 5.75 Å². The summed E-state index contributed by atoms with van der Waals surface area (Å²) in [7, 11) is 1.62. The summed E-state index contributed by atoms with van der Waals surface area (Å²) in [5.74, 6) is 0.892. The molecule has 1 aromatic rings. The monoisotopic (exact) mass is 235 g/mol. The molecule has 1 unspecified atom stereocenters. The third-order valence-electron chi connectivity index (χ3n) is 2.80. The van der Waals surface area contributed by atoms with Gasteiger partial charge in [-0.2, -0.15) is 0 Å². The number of ketones is 1. The number of methoxy groups -OCH3 is 1. The number of benzene rings is 1. The molecule has 0 radical (unpaired) electrons. The zero-order chi connectivity index (χ0) is 12.1. The molecule has 0 spiro atoms. The Morgan fingerprint density at radius 1 is 1.59 bits per heavy atom. The van der Waals surface area contributed by atoms with Crippen LogP contribution < -0.4 is 10.1 Å². The van der Waals surface area contributed by atoms with Crippen molar-refractivity contribution in [3.63, 3.8) is 0 Å². The van der Waals surface area contributed by atoms with Crippen LogP contribution >= 0.6 is 0 Å². The van der Waals surface area contributed by atoms with Crippen LogP contribution in [0.25, 0.3) is 0 Å². The van der Waals surface area contributed by atoms with E-state index in [2.05, 4.69) is 5.32 Å². The fourth-order valence-electron chi connectivity index (χ4n) is 1.87. The van der Waals surface area contributed by atoms with Gasteiger partial charge < -0.3 is 14.8 Å². The predicted molar refractivity (Wildman–Crippen MR) is 64.3 cm³/mol. The summed E-state index contributed by atoms with van der Waals surface area (Å²) in [5.41, 5.74) is 0.962. The van der Waals surface area contributed by atoms with Gasteiger partial charge in [0.25, 0.3) is 0 Å². The molecule has 0 amide bonds. The van der Waals surface area contributed by atoms with Crippen LogP contribution in [-0.2, 0) is 16.0 Å². The zero-order valence-electron chi connectivity index (χ0n) is 9.94. The van der Waals surface area contributed by atoms with Crippen molar-refractivity contribution in [1.82, 2.24) is 5.32 Å². The van der Waals surface area contributed by atoms with E-state index < -0.39 is 0 Å². The number of carbonyl (C=O) groups is 1. The molecule has 0 aromatic heterocycles. The Hall–Kier alpha value is -1.39. The SMILES string of the molecule is COc1cccc(CC(=O)C2CNCCO2)c1. The lowest BCUT2D eigenvalue weighted by atomic mass is 10.0. The fraction of sp³-hybridized carbons (Fsp3) is 0.462. The van der Waals surface area contributed by atoms with E-state index in [0.29, 0.717) is 19.6 Å². The van der Waals surface area contributed by atoms with E-state index in [-0.39, 0.29) is 11.9 Å². The second-order valence-electron chi connectivity index (χ2n) is 4.06. The van der Waals surface area contributed by atoms with Crippen LogP contribution in [0.3, 0.4) is 0 Å². The second-order valence-corrected chi connectivity index (χ2v) is 4.06. The molecule has 4 heteroatoms. The fourth-order valence-corrected chi connectivity index (χ4v) is 1.87. The Labute approximate surface area is 101 Å². The summed E-state index contributed by atoms with van der Waals surface area (Å²) in [5, 5.41) is 3.15. The van der Waals surface area contributed by atoms with Crippen LogP contribution in [0.15, 0.2) is 24.3 Å². The van der Waals surface area contributed by atoms with Gasteiger partial charge in [-0.15, -0.1) is 0 Å². The molecule has 1 saturated heterocycles. The number of nitrogens with one attached hydrogen (secondary N) is 1. The number of rotatable bonds is 4. The highest BCUT2D eigenvalue weighted by molar-refractivity contribution is 5.85. The molecule has 1 fully saturated rings. The minimum atomic E-state index is -0.310. The van der Waals surface area contributed by atoms with Crippen molar-refractivity contribution in [3.8, 4) is 5.75 Å². The topological polar surface area (TPSA) is 47.6 Å². The van der Waals surface area contributed by atoms with Gasteiger partial charge in [0.2, 0.25) is 0 Å². The first kappa shape index (κ1) is 12.1. The average molecular weight is 235 g/mol. The van der Waals surface area contributed by atoms with Crippen molar-refractivity contribution in [2.75, 3.05) is 26.8 Å². The second kappa shape index (κ2) is 5.80. The van der Waals surface area contributed by atoms with E-state index in [0.717, 1.165) is 17.9 Å². The number of hydrogen-bond acceptors (Lipinski definition) is 4. The lowest BCUT2D eigenvalue weighted by Crippen LogP contribution is -2.43. The van der Waals surface area contributed by atoms with Crippen molar-refractivity contribution < 1.29 is 14.3 Å². The normalized spacial score (nSPS) is 19.9. The van der Waals surface area contributed by atoms with Gasteiger partial charge in [0.1, 0.15) is 11.9 Å². The number of carbonyl (C=O) groups excluding carboxylic acids is 1. The third-order valence-corrected chi connectivity index (χ3v) is 2.80. The van der Waals surface area contributed by atoms with E-state index in [4.69, 9.17) is 9.47 Å². The summed E-state index contributed by atoms with van der Waals surface area (Å²) in [6, 6.07) is 7.57. The summed E-state index contributed by atoms with van der Waals surface area (Å²) >= 11 is 0. The standard InChI is InChI=1S/C13H17NO3/c1-16-11-4-2-3-10(7-11)8-12(15)13-9-14-5-6-17-13/h2-4,7,13-14H,5-6,8-9H2,1H3. The van der Waals surface area contributed by atoms with Crippen molar-refractivity contribution >= 4 is 5.78 Å². The van der Waals surface area contributed by atoms with E-state index in [1.54, 1.807) is 7.11 Å². The van der Waals surface area contributed by atoms with Crippen molar-refractivity contribution in [2.24, 2.45) is 0 Å². The van der Waals surface area contributed by atoms with Crippen LogP contribution in [-0.4, -0.2) is 38.7 Å². The Kier molecular flexibility index (Phi) is 4.12. The quantitative estimate of drug-likeness (QED) is 0.838. The number of hydrogen-bond donors (Lipinski definition) is 1. The van der Waals surface area contributed by atoms with Crippen LogP contribution in [0.2, 0.25) is 0 Å². The average Bonchev–Trinajstić information content (AvgIpc) is 2.40. The lowest BCUT2D eigenvalue weighted by Gasteiger charge is -2.22. The van der Waals surface area contributed by atoms with Crippen molar-refractivity contribution in [1.29, 1.82) is 0 Å². The van der Waals surface area contributed by atoms with Gasteiger partial charge in [0.15, 0.2) is 5.78 Å². The highest BCUT2D eigenvalue weighted by atomic mass is 16.5. The van der Waals surface area contributed by atoms with Gasteiger partial charge in [-0.3, -0.25) is 4.79 Å². The van der Waals surface area contributed by atoms with E-state index in [9.17, 15) is 4.79 Å². The van der Waals surface area contributed by atoms with E-state index in [1.165, 1.54) is 0 Å². The Balaban J connectivity index is 1.96. The van der Waals surface area contributed by atoms with Gasteiger partial charge in [-0.1, -0.05) is 12.1 Å². The summed E-state index contributed by atoms with van der Waals surface area (Å²) in [6.45, 7) is 2.04. The smallest absolute Gasteiger partial charge is 0.167 e. The maximum absolute atomic E-state index is 12.0. The first-order chi connectivity index (χ1) is 8.29. The molecule has 0 saturated carbocycles. The Morgan fingerprint density at radius 2 is 2.47 bits per heavy atom. The highest BCUT2D eigenvalue weighted by Crippen LogP contribution is 2.14. The lowest BCUT2D eigenvalue weighted by molar-refractivity contribution is -0.131. The summed E-state index contributed by atoms with van der Waals surface area (Å²) < 4.78 is 10.6. The molecule has 92 valence electrons. The number of ether oxygens (including phenoxy) is 2. The molecule has 1 heterocycles. The zero-order valence-corrected chi connectivity index (χ0v) is 9.94. The minimum absolute atomic E-state index is 0.116. The van der Waals surface area contributed by atoms with Gasteiger partial charge in [-0.25, -0.2) is 0 Å². The van der Waals surface area contributed by atoms with E-state index >= 15 is 0 Å². The van der Waals surface area contributed by atoms with Crippen molar-refractivity contribution in [2.45, 2.75) is 12.5 Å². The first-order valence-electron chi connectivity index (χ1n) is 5.77. The third kappa shape index (κ3) is 3.28. The molecular formula is C13H17NO3. The highest BCUT2D eigenvalue weighted by Gasteiger charge is 2.21. The molecule has 17 heavy (non-hydrogen) atoms. The van der Waals surface area contributed by atoms with Gasteiger partial charge in [0.05, 0.1) is 13.7 Å². The Morgan fingerprint density at radius 3 is 3.18 bits per heavy atom.